The fourth-order valence-corrected chi connectivity index (χ4v) is 1.74. The number of benzene rings is 1. The molecule has 2 rings (SSSR count). The van der Waals surface area contributed by atoms with Crippen LogP contribution in [0.25, 0.3) is 0 Å². The lowest BCUT2D eigenvalue weighted by molar-refractivity contribution is 0.615. The molecule has 0 saturated carbocycles. The molecule has 1 unspecified atom stereocenters. The highest BCUT2D eigenvalue weighted by atomic mass is 15.6. The third kappa shape index (κ3) is 3.35. The minimum absolute atomic E-state index is 0.0295. The van der Waals surface area contributed by atoms with E-state index in [2.05, 4.69) is 46.6 Å². The smallest absolute Gasteiger partial charge is 0.176 e. The minimum atomic E-state index is 0.0295. The van der Waals surface area contributed by atoms with Crippen LogP contribution in [0.1, 0.15) is 17.0 Å². The maximum absolute atomic E-state index is 6.07. The van der Waals surface area contributed by atoms with E-state index in [0.717, 1.165) is 6.42 Å². The number of nitrogens with two attached hydrogens (primary N) is 1. The molecule has 0 fully saturated rings. The van der Waals surface area contributed by atoms with E-state index in [0.29, 0.717) is 12.2 Å². The molecule has 0 bridgehead atoms. The summed E-state index contributed by atoms with van der Waals surface area (Å²) in [4.78, 5) is 1.45. The maximum atomic E-state index is 6.07. The summed E-state index contributed by atoms with van der Waals surface area (Å²) in [5.41, 5.74) is 8.57. The second-order valence-electron chi connectivity index (χ2n) is 4.35. The standard InChI is InChI=1S/C12H17N5/c1-9-3-5-10(6-4-9)7-11(13)8-12-14-16-17(2)15-12/h3-6,11H,7-8,13H2,1-2H3. The van der Waals surface area contributed by atoms with Gasteiger partial charge in [-0.15, -0.1) is 10.2 Å². The Morgan fingerprint density at radius 2 is 1.94 bits per heavy atom. The van der Waals surface area contributed by atoms with E-state index in [1.165, 1.54) is 15.9 Å². The summed E-state index contributed by atoms with van der Waals surface area (Å²) >= 11 is 0. The average molecular weight is 231 g/mol. The topological polar surface area (TPSA) is 69.6 Å². The highest BCUT2D eigenvalue weighted by Crippen LogP contribution is 2.07. The molecule has 0 aliphatic rings. The molecule has 90 valence electrons. The summed E-state index contributed by atoms with van der Waals surface area (Å²) in [5.74, 6) is 0.701. The third-order valence-corrected chi connectivity index (χ3v) is 2.61. The second kappa shape index (κ2) is 5.05. The fourth-order valence-electron chi connectivity index (χ4n) is 1.74. The van der Waals surface area contributed by atoms with Crippen molar-refractivity contribution < 1.29 is 0 Å². The van der Waals surface area contributed by atoms with Gasteiger partial charge in [-0.2, -0.15) is 4.80 Å². The first-order valence-electron chi connectivity index (χ1n) is 5.67. The molecule has 0 saturated heterocycles. The molecule has 17 heavy (non-hydrogen) atoms. The van der Waals surface area contributed by atoms with Crippen molar-refractivity contribution in [2.24, 2.45) is 12.8 Å². The highest BCUT2D eigenvalue weighted by Gasteiger charge is 2.09. The molecule has 1 heterocycles. The van der Waals surface area contributed by atoms with Gasteiger partial charge in [0.1, 0.15) is 0 Å². The van der Waals surface area contributed by atoms with Crippen molar-refractivity contribution in [3.63, 3.8) is 0 Å². The molecule has 0 amide bonds. The lowest BCUT2D eigenvalue weighted by Gasteiger charge is -2.09. The number of nitrogens with zero attached hydrogens (tertiary/aromatic N) is 4. The molecule has 1 aromatic heterocycles. The van der Waals surface area contributed by atoms with Crippen LogP contribution in [0, 0.1) is 6.92 Å². The lowest BCUT2D eigenvalue weighted by Crippen LogP contribution is -2.26. The summed E-state index contributed by atoms with van der Waals surface area (Å²) in [6.07, 6.45) is 1.49. The maximum Gasteiger partial charge on any atom is 0.176 e. The Balaban J connectivity index is 1.93. The molecule has 0 radical (unpaired) electrons. The Bertz CT molecular complexity index is 474. The van der Waals surface area contributed by atoms with Crippen LogP contribution in [0.15, 0.2) is 24.3 Å². The molecule has 1 atom stereocenters. The first kappa shape index (κ1) is 11.7. The Morgan fingerprint density at radius 3 is 2.53 bits per heavy atom. The molecular weight excluding hydrogens is 214 g/mol. The molecule has 0 aliphatic heterocycles. The molecule has 2 aromatic rings. The van der Waals surface area contributed by atoms with Gasteiger partial charge in [0.25, 0.3) is 0 Å². The first-order chi connectivity index (χ1) is 8.13. The monoisotopic (exact) mass is 231 g/mol. The van der Waals surface area contributed by atoms with Crippen molar-refractivity contribution in [2.45, 2.75) is 25.8 Å². The van der Waals surface area contributed by atoms with Crippen LogP contribution in [0.5, 0.6) is 0 Å². The van der Waals surface area contributed by atoms with Crippen molar-refractivity contribution in [1.82, 2.24) is 20.2 Å². The second-order valence-corrected chi connectivity index (χ2v) is 4.35. The van der Waals surface area contributed by atoms with Crippen molar-refractivity contribution >= 4 is 0 Å². The van der Waals surface area contributed by atoms with Gasteiger partial charge in [-0.3, -0.25) is 0 Å². The van der Waals surface area contributed by atoms with Crippen LogP contribution < -0.4 is 5.73 Å². The summed E-state index contributed by atoms with van der Waals surface area (Å²) in [6.45, 7) is 2.08. The van der Waals surface area contributed by atoms with Gasteiger partial charge in [-0.1, -0.05) is 29.8 Å². The average Bonchev–Trinajstić information content (AvgIpc) is 2.67. The van der Waals surface area contributed by atoms with Crippen molar-refractivity contribution in [3.05, 3.63) is 41.2 Å². The van der Waals surface area contributed by atoms with E-state index in [4.69, 9.17) is 5.73 Å². The van der Waals surface area contributed by atoms with E-state index < -0.39 is 0 Å². The van der Waals surface area contributed by atoms with E-state index >= 15 is 0 Å². The number of tetrazole rings is 1. The van der Waals surface area contributed by atoms with Gasteiger partial charge in [0.15, 0.2) is 5.82 Å². The van der Waals surface area contributed by atoms with Gasteiger partial charge in [0, 0.05) is 12.5 Å². The van der Waals surface area contributed by atoms with Crippen LogP contribution in [0.4, 0.5) is 0 Å². The quantitative estimate of drug-likeness (QED) is 0.838. The van der Waals surface area contributed by atoms with E-state index in [-0.39, 0.29) is 6.04 Å². The molecule has 5 nitrogen and oxygen atoms in total. The number of aromatic nitrogens is 4. The minimum Gasteiger partial charge on any atom is -0.327 e. The summed E-state index contributed by atoms with van der Waals surface area (Å²) < 4.78 is 0. The molecule has 2 N–H and O–H groups in total. The van der Waals surface area contributed by atoms with Crippen molar-refractivity contribution in [3.8, 4) is 0 Å². The van der Waals surface area contributed by atoms with Gasteiger partial charge in [-0.25, -0.2) is 0 Å². The van der Waals surface area contributed by atoms with Gasteiger partial charge in [0.05, 0.1) is 7.05 Å². The molecule has 0 aliphatic carbocycles. The molecular formula is C12H17N5. The Kier molecular flexibility index (Phi) is 3.49. The predicted molar refractivity (Wildman–Crippen MR) is 65.4 cm³/mol. The van der Waals surface area contributed by atoms with Crippen LogP contribution in [-0.2, 0) is 19.9 Å². The third-order valence-electron chi connectivity index (χ3n) is 2.61. The van der Waals surface area contributed by atoms with Crippen LogP contribution in [0.3, 0.4) is 0 Å². The summed E-state index contributed by atoms with van der Waals surface area (Å²) in [5, 5.41) is 11.8. The zero-order valence-electron chi connectivity index (χ0n) is 10.2. The fraction of sp³-hybridized carbons (Fsp3) is 0.417. The van der Waals surface area contributed by atoms with E-state index in [1.54, 1.807) is 7.05 Å². The normalized spacial score (nSPS) is 12.6. The van der Waals surface area contributed by atoms with Gasteiger partial charge < -0.3 is 5.73 Å². The van der Waals surface area contributed by atoms with Crippen LogP contribution in [-0.4, -0.2) is 26.2 Å². The Labute approximate surface area is 101 Å². The Hall–Kier alpha value is -1.75. The summed E-state index contributed by atoms with van der Waals surface area (Å²) in [7, 11) is 1.75. The van der Waals surface area contributed by atoms with Crippen LogP contribution >= 0.6 is 0 Å². The van der Waals surface area contributed by atoms with Gasteiger partial charge >= 0.3 is 0 Å². The van der Waals surface area contributed by atoms with Gasteiger partial charge in [-0.05, 0) is 24.1 Å². The number of aryl methyl sites for hydroxylation is 2. The number of hydrogen-bond acceptors (Lipinski definition) is 4. The molecule has 1 aromatic carbocycles. The zero-order valence-corrected chi connectivity index (χ0v) is 10.2. The zero-order chi connectivity index (χ0) is 12.3. The summed E-state index contributed by atoms with van der Waals surface area (Å²) in [6, 6.07) is 8.45. The van der Waals surface area contributed by atoms with Crippen LogP contribution in [0.2, 0.25) is 0 Å². The van der Waals surface area contributed by atoms with Gasteiger partial charge in [0.2, 0.25) is 0 Å². The first-order valence-corrected chi connectivity index (χ1v) is 5.67. The molecule has 0 spiro atoms. The Morgan fingerprint density at radius 1 is 1.24 bits per heavy atom. The SMILES string of the molecule is Cc1ccc(CC(N)Cc2nnn(C)n2)cc1. The largest absolute Gasteiger partial charge is 0.327 e. The predicted octanol–water partition coefficient (Wildman–Crippen LogP) is 0.631. The number of rotatable bonds is 4. The van der Waals surface area contributed by atoms with Crippen molar-refractivity contribution in [2.75, 3.05) is 0 Å². The number of hydrogen-bond donors (Lipinski definition) is 1. The highest BCUT2D eigenvalue weighted by molar-refractivity contribution is 5.22. The molecule has 5 heteroatoms. The van der Waals surface area contributed by atoms with E-state index in [1.807, 2.05) is 0 Å². The van der Waals surface area contributed by atoms with Crippen molar-refractivity contribution in [1.29, 1.82) is 0 Å². The lowest BCUT2D eigenvalue weighted by atomic mass is 10.0. The van der Waals surface area contributed by atoms with E-state index in [9.17, 15) is 0 Å².